The molecular weight excluding hydrogens is 442 g/mol. The minimum Gasteiger partial charge on any atom is -0.490 e. The van der Waals surface area contributed by atoms with Gasteiger partial charge in [0.1, 0.15) is 11.9 Å². The Morgan fingerprint density at radius 3 is 2.40 bits per heavy atom. The number of nitrogens with one attached hydrogen (secondary N) is 3. The number of ether oxygens (including phenoxy) is 2. The van der Waals surface area contributed by atoms with Gasteiger partial charge in [-0.15, -0.1) is 0 Å². The Morgan fingerprint density at radius 2 is 1.77 bits per heavy atom. The summed E-state index contributed by atoms with van der Waals surface area (Å²) in [5.41, 5.74) is 11.0. The van der Waals surface area contributed by atoms with Crippen LogP contribution in [0.1, 0.15) is 43.5 Å². The molecule has 1 amide bonds. The highest BCUT2D eigenvalue weighted by Crippen LogP contribution is 2.33. The van der Waals surface area contributed by atoms with E-state index >= 15 is 0 Å². The SMILES string of the molecule is CCOc1cc(C(Nc2ccc(C(=N)N)cc2)C(=O)N/N=C/c2ccccc2)ccc1OC(C)C. The molecule has 1 atom stereocenters. The van der Waals surface area contributed by atoms with Crippen molar-refractivity contribution < 1.29 is 14.3 Å². The van der Waals surface area contributed by atoms with Crippen LogP contribution in [0, 0.1) is 5.41 Å². The van der Waals surface area contributed by atoms with Crippen molar-refractivity contribution in [1.29, 1.82) is 5.41 Å². The van der Waals surface area contributed by atoms with Crippen molar-refractivity contribution in [2.45, 2.75) is 32.9 Å². The number of nitrogens with two attached hydrogens (primary N) is 1. The van der Waals surface area contributed by atoms with Crippen LogP contribution in [0.5, 0.6) is 11.5 Å². The van der Waals surface area contributed by atoms with Crippen LogP contribution < -0.4 is 25.9 Å². The maximum atomic E-state index is 13.2. The minimum absolute atomic E-state index is 0.0237. The molecule has 0 saturated heterocycles. The molecule has 8 nitrogen and oxygen atoms in total. The Hall–Kier alpha value is -4.33. The van der Waals surface area contributed by atoms with Crippen molar-refractivity contribution in [1.82, 2.24) is 5.43 Å². The van der Waals surface area contributed by atoms with Gasteiger partial charge in [0, 0.05) is 11.3 Å². The zero-order valence-electron chi connectivity index (χ0n) is 20.1. The average Bonchev–Trinajstić information content (AvgIpc) is 2.84. The molecule has 3 aromatic carbocycles. The van der Waals surface area contributed by atoms with Crippen LogP contribution in [0.15, 0.2) is 77.9 Å². The van der Waals surface area contributed by atoms with Gasteiger partial charge < -0.3 is 20.5 Å². The fourth-order valence-electron chi connectivity index (χ4n) is 3.31. The standard InChI is InChI=1S/C27H31N5O3/c1-4-34-24-16-21(12-15-23(24)35-18(2)3)25(31-22-13-10-20(11-14-22)26(28)29)27(33)32-30-17-19-8-6-5-7-9-19/h5-18,25,31H,4H2,1-3H3,(H3,28,29)(H,32,33)/b30-17+. The van der Waals surface area contributed by atoms with Gasteiger partial charge in [-0.25, -0.2) is 5.43 Å². The number of hydrogen-bond acceptors (Lipinski definition) is 6. The van der Waals surface area contributed by atoms with Gasteiger partial charge in [0.25, 0.3) is 5.91 Å². The lowest BCUT2D eigenvalue weighted by Crippen LogP contribution is -2.30. The molecule has 0 fully saturated rings. The van der Waals surface area contributed by atoms with E-state index in [1.165, 1.54) is 0 Å². The van der Waals surface area contributed by atoms with Gasteiger partial charge in [-0.05, 0) is 68.3 Å². The number of carbonyl (C=O) groups is 1. The van der Waals surface area contributed by atoms with Crippen molar-refractivity contribution in [3.05, 3.63) is 89.5 Å². The van der Waals surface area contributed by atoms with Gasteiger partial charge in [-0.3, -0.25) is 10.2 Å². The maximum absolute atomic E-state index is 13.2. The molecular formula is C27H31N5O3. The molecule has 5 N–H and O–H groups in total. The van der Waals surface area contributed by atoms with Gasteiger partial charge in [0.15, 0.2) is 11.5 Å². The fourth-order valence-corrected chi connectivity index (χ4v) is 3.31. The highest BCUT2D eigenvalue weighted by atomic mass is 16.5. The van der Waals surface area contributed by atoms with Crippen LogP contribution in [0.4, 0.5) is 5.69 Å². The van der Waals surface area contributed by atoms with E-state index in [1.807, 2.05) is 57.2 Å². The van der Waals surface area contributed by atoms with Crippen molar-refractivity contribution in [3.63, 3.8) is 0 Å². The van der Waals surface area contributed by atoms with E-state index < -0.39 is 6.04 Å². The van der Waals surface area contributed by atoms with E-state index in [-0.39, 0.29) is 17.8 Å². The molecule has 3 rings (SSSR count). The van der Waals surface area contributed by atoms with E-state index in [1.54, 1.807) is 42.6 Å². The summed E-state index contributed by atoms with van der Waals surface area (Å²) in [4.78, 5) is 13.2. The average molecular weight is 474 g/mol. The Kier molecular flexibility index (Phi) is 8.83. The van der Waals surface area contributed by atoms with E-state index in [2.05, 4.69) is 15.8 Å². The van der Waals surface area contributed by atoms with Crippen LogP contribution >= 0.6 is 0 Å². The number of hydrazone groups is 1. The quantitative estimate of drug-likeness (QED) is 0.186. The maximum Gasteiger partial charge on any atom is 0.267 e. The molecule has 8 heteroatoms. The molecule has 0 aliphatic carbocycles. The van der Waals surface area contributed by atoms with Crippen LogP contribution in [-0.2, 0) is 4.79 Å². The summed E-state index contributed by atoms with van der Waals surface area (Å²) in [5.74, 6) is 0.784. The molecule has 0 heterocycles. The van der Waals surface area contributed by atoms with Crippen LogP contribution in [0.25, 0.3) is 0 Å². The number of anilines is 1. The lowest BCUT2D eigenvalue weighted by atomic mass is 10.0. The van der Waals surface area contributed by atoms with Crippen LogP contribution in [-0.4, -0.2) is 30.7 Å². The summed E-state index contributed by atoms with van der Waals surface area (Å²) in [6, 6.07) is 21.1. The molecule has 0 bridgehead atoms. The molecule has 35 heavy (non-hydrogen) atoms. The molecule has 0 radical (unpaired) electrons. The summed E-state index contributed by atoms with van der Waals surface area (Å²) in [5, 5.41) is 14.9. The van der Waals surface area contributed by atoms with Gasteiger partial charge in [0.05, 0.1) is 18.9 Å². The second-order valence-corrected chi connectivity index (χ2v) is 8.02. The van der Waals surface area contributed by atoms with Gasteiger partial charge in [-0.2, -0.15) is 5.10 Å². The fraction of sp³-hybridized carbons (Fsp3) is 0.222. The van der Waals surface area contributed by atoms with Crippen LogP contribution in [0.3, 0.4) is 0 Å². The predicted molar refractivity (Wildman–Crippen MR) is 139 cm³/mol. The minimum atomic E-state index is -0.779. The normalized spacial score (nSPS) is 11.8. The van der Waals surface area contributed by atoms with Crippen molar-refractivity contribution in [3.8, 4) is 11.5 Å². The number of amides is 1. The van der Waals surface area contributed by atoms with Crippen molar-refractivity contribution >= 4 is 23.6 Å². The number of benzene rings is 3. The second kappa shape index (κ2) is 12.2. The predicted octanol–water partition coefficient (Wildman–Crippen LogP) is 4.46. The van der Waals surface area contributed by atoms with E-state index in [9.17, 15) is 4.79 Å². The highest BCUT2D eigenvalue weighted by Gasteiger charge is 2.23. The first-order valence-corrected chi connectivity index (χ1v) is 11.4. The zero-order valence-corrected chi connectivity index (χ0v) is 20.1. The third-order valence-electron chi connectivity index (χ3n) is 4.92. The lowest BCUT2D eigenvalue weighted by Gasteiger charge is -2.21. The molecule has 0 spiro atoms. The molecule has 0 aromatic heterocycles. The molecule has 3 aromatic rings. The number of hydrogen-bond donors (Lipinski definition) is 4. The first kappa shape index (κ1) is 25.3. The van der Waals surface area contributed by atoms with Crippen molar-refractivity contribution in [2.24, 2.45) is 10.8 Å². The molecule has 0 aliphatic rings. The summed E-state index contributed by atoms with van der Waals surface area (Å²) in [6.07, 6.45) is 1.56. The Balaban J connectivity index is 1.90. The van der Waals surface area contributed by atoms with E-state index in [4.69, 9.17) is 20.6 Å². The Labute approximate surface area is 205 Å². The lowest BCUT2D eigenvalue weighted by molar-refractivity contribution is -0.121. The number of nitrogen functional groups attached to an aromatic ring is 1. The monoisotopic (exact) mass is 473 g/mol. The molecule has 182 valence electrons. The first-order valence-electron chi connectivity index (χ1n) is 11.4. The zero-order chi connectivity index (χ0) is 25.2. The van der Waals surface area contributed by atoms with E-state index in [0.29, 0.717) is 34.9 Å². The summed E-state index contributed by atoms with van der Waals surface area (Å²) in [7, 11) is 0. The van der Waals surface area contributed by atoms with Gasteiger partial charge in [0.2, 0.25) is 0 Å². The number of carbonyl (C=O) groups excluding carboxylic acids is 1. The van der Waals surface area contributed by atoms with Gasteiger partial charge in [-0.1, -0.05) is 36.4 Å². The summed E-state index contributed by atoms with van der Waals surface area (Å²) in [6.45, 7) is 6.23. The van der Waals surface area contributed by atoms with Crippen LogP contribution in [0.2, 0.25) is 0 Å². The summed E-state index contributed by atoms with van der Waals surface area (Å²) < 4.78 is 11.6. The molecule has 0 aliphatic heterocycles. The van der Waals surface area contributed by atoms with Gasteiger partial charge >= 0.3 is 0 Å². The summed E-state index contributed by atoms with van der Waals surface area (Å²) >= 11 is 0. The highest BCUT2D eigenvalue weighted by molar-refractivity contribution is 5.95. The number of amidine groups is 1. The Bertz CT molecular complexity index is 1160. The molecule has 0 saturated carbocycles. The first-order chi connectivity index (χ1) is 16.9. The smallest absolute Gasteiger partial charge is 0.267 e. The third-order valence-corrected chi connectivity index (χ3v) is 4.92. The second-order valence-electron chi connectivity index (χ2n) is 8.02. The van der Waals surface area contributed by atoms with E-state index in [0.717, 1.165) is 5.56 Å². The Morgan fingerprint density at radius 1 is 1.06 bits per heavy atom. The van der Waals surface area contributed by atoms with Crippen molar-refractivity contribution in [2.75, 3.05) is 11.9 Å². The number of rotatable bonds is 11. The topological polar surface area (TPSA) is 122 Å². The third kappa shape index (κ3) is 7.33. The largest absolute Gasteiger partial charge is 0.490 e. The molecule has 1 unspecified atom stereocenters. The number of nitrogens with zero attached hydrogens (tertiary/aromatic N) is 1.